The van der Waals surface area contributed by atoms with Crippen molar-refractivity contribution in [3.63, 3.8) is 0 Å². The zero-order chi connectivity index (χ0) is 15.2. The lowest BCUT2D eigenvalue weighted by molar-refractivity contribution is -0.136. The van der Waals surface area contributed by atoms with Gasteiger partial charge in [-0.05, 0) is 19.1 Å². The molecule has 0 aliphatic carbocycles. The number of benzene rings is 1. The standard InChI is InChI=1S/C14H15F3N2O2/c1-2-21-8-5-9-11-7-18-3-4-19(11)13(20)12(9)10(6-8)14(15,16)17/h5-6,18,20H,2-4,7H2,1H3. The van der Waals surface area contributed by atoms with E-state index in [-0.39, 0.29) is 23.6 Å². The van der Waals surface area contributed by atoms with Gasteiger partial charge in [0.25, 0.3) is 0 Å². The van der Waals surface area contributed by atoms with E-state index in [1.807, 2.05) is 0 Å². The minimum atomic E-state index is -4.55. The minimum Gasteiger partial charge on any atom is -0.494 e. The van der Waals surface area contributed by atoms with Crippen molar-refractivity contribution in [2.24, 2.45) is 0 Å². The summed E-state index contributed by atoms with van der Waals surface area (Å²) in [5.41, 5.74) is -0.205. The van der Waals surface area contributed by atoms with Crippen LogP contribution in [0.3, 0.4) is 0 Å². The summed E-state index contributed by atoms with van der Waals surface area (Å²) < 4.78 is 46.6. The molecule has 0 bridgehead atoms. The fourth-order valence-electron chi connectivity index (χ4n) is 2.80. The van der Waals surface area contributed by atoms with Crippen LogP contribution >= 0.6 is 0 Å². The first kappa shape index (κ1) is 14.1. The number of rotatable bonds is 2. The highest BCUT2D eigenvalue weighted by Crippen LogP contribution is 2.44. The number of alkyl halides is 3. The number of ether oxygens (including phenoxy) is 1. The first-order valence-electron chi connectivity index (χ1n) is 6.72. The fourth-order valence-corrected chi connectivity index (χ4v) is 2.80. The molecule has 7 heteroatoms. The molecule has 2 heterocycles. The van der Waals surface area contributed by atoms with Gasteiger partial charge in [0.05, 0.1) is 17.6 Å². The van der Waals surface area contributed by atoms with E-state index in [1.165, 1.54) is 4.57 Å². The van der Waals surface area contributed by atoms with Crippen LogP contribution in [0.15, 0.2) is 12.1 Å². The SMILES string of the molecule is CCOc1cc(C(F)(F)F)c2c(O)n3c(c2c1)CNCC3. The quantitative estimate of drug-likeness (QED) is 0.896. The van der Waals surface area contributed by atoms with Crippen molar-refractivity contribution in [2.75, 3.05) is 13.2 Å². The predicted molar refractivity (Wildman–Crippen MR) is 71.5 cm³/mol. The maximum Gasteiger partial charge on any atom is 0.417 e. The Morgan fingerprint density at radius 1 is 1.38 bits per heavy atom. The number of nitrogens with one attached hydrogen (secondary N) is 1. The maximum atomic E-state index is 13.3. The molecule has 1 aliphatic rings. The van der Waals surface area contributed by atoms with E-state index >= 15 is 0 Å². The summed E-state index contributed by atoms with van der Waals surface area (Å²) in [6.07, 6.45) is -4.55. The van der Waals surface area contributed by atoms with Crippen LogP contribution in [0.1, 0.15) is 18.2 Å². The monoisotopic (exact) mass is 300 g/mol. The third kappa shape index (κ3) is 2.21. The number of hydrogen-bond acceptors (Lipinski definition) is 3. The summed E-state index contributed by atoms with van der Waals surface area (Å²) in [4.78, 5) is 0. The van der Waals surface area contributed by atoms with Crippen molar-refractivity contribution in [1.29, 1.82) is 0 Å². The Bertz CT molecular complexity index is 692. The minimum absolute atomic E-state index is 0.148. The Morgan fingerprint density at radius 3 is 2.81 bits per heavy atom. The van der Waals surface area contributed by atoms with Crippen molar-refractivity contribution in [3.05, 3.63) is 23.4 Å². The Kier molecular flexibility index (Phi) is 3.24. The molecule has 0 amide bonds. The molecule has 1 aromatic carbocycles. The largest absolute Gasteiger partial charge is 0.494 e. The molecule has 0 atom stereocenters. The van der Waals surface area contributed by atoms with Crippen molar-refractivity contribution >= 4 is 10.8 Å². The van der Waals surface area contributed by atoms with E-state index in [0.29, 0.717) is 30.7 Å². The summed E-state index contributed by atoms with van der Waals surface area (Å²) in [5.74, 6) is -0.159. The molecule has 0 saturated heterocycles. The van der Waals surface area contributed by atoms with Crippen LogP contribution in [0.25, 0.3) is 10.8 Å². The van der Waals surface area contributed by atoms with Gasteiger partial charge >= 0.3 is 6.18 Å². The number of aromatic hydroxyl groups is 1. The lowest BCUT2D eigenvalue weighted by atomic mass is 10.1. The van der Waals surface area contributed by atoms with Crippen molar-refractivity contribution in [3.8, 4) is 11.6 Å². The highest BCUT2D eigenvalue weighted by Gasteiger charge is 2.36. The number of halogens is 3. The summed E-state index contributed by atoms with van der Waals surface area (Å²) in [6.45, 7) is 3.47. The molecule has 21 heavy (non-hydrogen) atoms. The van der Waals surface area contributed by atoms with Crippen LogP contribution in [0.5, 0.6) is 11.6 Å². The number of fused-ring (bicyclic) bond motifs is 3. The van der Waals surface area contributed by atoms with Gasteiger partial charge in [-0.2, -0.15) is 13.2 Å². The van der Waals surface area contributed by atoms with Crippen LogP contribution < -0.4 is 10.1 Å². The Labute approximate surface area is 119 Å². The highest BCUT2D eigenvalue weighted by molar-refractivity contribution is 5.95. The summed E-state index contributed by atoms with van der Waals surface area (Å²) >= 11 is 0. The van der Waals surface area contributed by atoms with Gasteiger partial charge in [-0.15, -0.1) is 0 Å². The average Bonchev–Trinajstić information content (AvgIpc) is 2.72. The zero-order valence-corrected chi connectivity index (χ0v) is 11.4. The molecule has 114 valence electrons. The van der Waals surface area contributed by atoms with Gasteiger partial charge < -0.3 is 19.7 Å². The van der Waals surface area contributed by atoms with Crippen LogP contribution in [0, 0.1) is 0 Å². The van der Waals surface area contributed by atoms with Crippen molar-refractivity contribution in [1.82, 2.24) is 9.88 Å². The second-order valence-corrected chi connectivity index (χ2v) is 4.92. The number of aromatic nitrogens is 1. The van der Waals surface area contributed by atoms with E-state index in [4.69, 9.17) is 4.74 Å². The van der Waals surface area contributed by atoms with Gasteiger partial charge in [-0.25, -0.2) is 0 Å². The molecule has 1 aromatic heterocycles. The number of hydrogen-bond donors (Lipinski definition) is 2. The van der Waals surface area contributed by atoms with Crippen molar-refractivity contribution in [2.45, 2.75) is 26.2 Å². The molecule has 0 fully saturated rings. The van der Waals surface area contributed by atoms with Gasteiger partial charge in [0.1, 0.15) is 5.75 Å². The smallest absolute Gasteiger partial charge is 0.417 e. The first-order chi connectivity index (χ1) is 9.93. The molecule has 0 spiro atoms. The van der Waals surface area contributed by atoms with E-state index in [0.717, 1.165) is 6.07 Å². The van der Waals surface area contributed by atoms with Crippen LogP contribution in [-0.2, 0) is 19.3 Å². The molecule has 0 unspecified atom stereocenters. The van der Waals surface area contributed by atoms with E-state index < -0.39 is 11.7 Å². The summed E-state index contributed by atoms with van der Waals surface area (Å²) in [5, 5.41) is 13.5. The zero-order valence-electron chi connectivity index (χ0n) is 11.4. The normalized spacial score (nSPS) is 15.2. The third-order valence-corrected chi connectivity index (χ3v) is 3.65. The number of nitrogens with zero attached hydrogens (tertiary/aromatic N) is 1. The van der Waals surface area contributed by atoms with E-state index in [2.05, 4.69) is 5.32 Å². The molecule has 1 aliphatic heterocycles. The fraction of sp³-hybridized carbons (Fsp3) is 0.429. The van der Waals surface area contributed by atoms with Gasteiger partial charge in [-0.1, -0.05) is 0 Å². The van der Waals surface area contributed by atoms with Gasteiger partial charge in [0, 0.05) is 30.7 Å². The second-order valence-electron chi connectivity index (χ2n) is 4.92. The first-order valence-corrected chi connectivity index (χ1v) is 6.72. The molecule has 0 saturated carbocycles. The molecule has 4 nitrogen and oxygen atoms in total. The lowest BCUT2D eigenvalue weighted by Gasteiger charge is -2.17. The Balaban J connectivity index is 2.35. The predicted octanol–water partition coefficient (Wildman–Crippen LogP) is 2.87. The Morgan fingerprint density at radius 2 is 2.14 bits per heavy atom. The van der Waals surface area contributed by atoms with Crippen molar-refractivity contribution < 1.29 is 23.0 Å². The van der Waals surface area contributed by atoms with Crippen LogP contribution in [0.4, 0.5) is 13.2 Å². The molecule has 2 N–H and O–H groups in total. The summed E-state index contributed by atoms with van der Waals surface area (Å²) in [6, 6.07) is 2.51. The molecular weight excluding hydrogens is 285 g/mol. The summed E-state index contributed by atoms with van der Waals surface area (Å²) in [7, 11) is 0. The van der Waals surface area contributed by atoms with E-state index in [9.17, 15) is 18.3 Å². The van der Waals surface area contributed by atoms with E-state index in [1.54, 1.807) is 13.0 Å². The van der Waals surface area contributed by atoms with Gasteiger partial charge in [0.15, 0.2) is 5.88 Å². The molecule has 3 rings (SSSR count). The van der Waals surface area contributed by atoms with Crippen LogP contribution in [0.2, 0.25) is 0 Å². The third-order valence-electron chi connectivity index (χ3n) is 3.65. The lowest BCUT2D eigenvalue weighted by Crippen LogP contribution is -2.27. The maximum absolute atomic E-state index is 13.3. The second kappa shape index (κ2) is 4.84. The van der Waals surface area contributed by atoms with Crippen LogP contribution in [-0.4, -0.2) is 22.8 Å². The molecule has 2 aromatic rings. The van der Waals surface area contributed by atoms with Gasteiger partial charge in [0.2, 0.25) is 0 Å². The topological polar surface area (TPSA) is 46.4 Å². The highest BCUT2D eigenvalue weighted by atomic mass is 19.4. The molecule has 0 radical (unpaired) electrons. The average molecular weight is 300 g/mol. The Hall–Kier alpha value is -1.89. The molecular formula is C14H15F3N2O2. The van der Waals surface area contributed by atoms with Gasteiger partial charge in [-0.3, -0.25) is 0 Å².